The number of halogens is 5. The lowest BCUT2D eigenvalue weighted by atomic mass is 10.2. The first kappa shape index (κ1) is 15.5. The van der Waals surface area contributed by atoms with E-state index < -0.39 is 24.7 Å². The molecular weight excluding hydrogens is 379 g/mol. The Morgan fingerprint density at radius 1 is 1.39 bits per heavy atom. The monoisotopic (exact) mass is 387 g/mol. The largest absolute Gasteiger partial charge is 0.332 e. The minimum Gasteiger partial charge on any atom is -0.332 e. The van der Waals surface area contributed by atoms with E-state index >= 15 is 0 Å². The Bertz CT molecular complexity index is 429. The number of benzene rings is 1. The Labute approximate surface area is 119 Å². The maximum Gasteiger partial charge on any atom is 0.257 e. The number of carbonyl (C=O) groups excluding carboxylic acids is 1. The van der Waals surface area contributed by atoms with E-state index in [1.54, 1.807) is 0 Å². The number of carbonyl (C=O) groups is 1. The van der Waals surface area contributed by atoms with Gasteiger partial charge in [0.05, 0.1) is 16.6 Å². The third kappa shape index (κ3) is 3.98. The molecule has 7 heteroatoms. The average Bonchev–Trinajstić information content (AvgIpc) is 2.31. The summed E-state index contributed by atoms with van der Waals surface area (Å²) in [6.45, 7) is -0.620. The second-order valence-corrected chi connectivity index (χ2v) is 5.08. The molecule has 0 fully saturated rings. The molecule has 0 atom stereocenters. The highest BCUT2D eigenvalue weighted by Gasteiger charge is 2.22. The van der Waals surface area contributed by atoms with Crippen LogP contribution in [0.1, 0.15) is 10.4 Å². The zero-order valence-electron chi connectivity index (χ0n) is 9.18. The van der Waals surface area contributed by atoms with E-state index in [2.05, 4.69) is 31.9 Å². The number of nitrogens with zero attached hydrogens (tertiary/aromatic N) is 1. The highest BCUT2D eigenvalue weighted by Crippen LogP contribution is 2.20. The first-order valence-electron chi connectivity index (χ1n) is 5.04. The van der Waals surface area contributed by atoms with E-state index in [9.17, 15) is 18.0 Å². The van der Waals surface area contributed by atoms with E-state index in [4.69, 9.17) is 0 Å². The molecule has 0 saturated carbocycles. The van der Waals surface area contributed by atoms with Gasteiger partial charge in [0.1, 0.15) is 5.82 Å². The fraction of sp³-hybridized carbons (Fsp3) is 0.364. The second kappa shape index (κ2) is 7.13. The molecule has 0 saturated heterocycles. The van der Waals surface area contributed by atoms with Crippen molar-refractivity contribution in [1.29, 1.82) is 0 Å². The maximum atomic E-state index is 13.7. The van der Waals surface area contributed by atoms with Gasteiger partial charge in [0.25, 0.3) is 12.3 Å². The molecule has 0 aliphatic rings. The van der Waals surface area contributed by atoms with Crippen LogP contribution in [0.4, 0.5) is 13.2 Å². The second-order valence-electron chi connectivity index (χ2n) is 3.43. The Hall–Kier alpha value is -0.560. The number of hydrogen-bond donors (Lipinski definition) is 0. The van der Waals surface area contributed by atoms with Crippen molar-refractivity contribution in [3.63, 3.8) is 0 Å². The van der Waals surface area contributed by atoms with Crippen LogP contribution in [0.3, 0.4) is 0 Å². The topological polar surface area (TPSA) is 20.3 Å². The van der Waals surface area contributed by atoms with Crippen molar-refractivity contribution in [3.05, 3.63) is 34.1 Å². The summed E-state index contributed by atoms with van der Waals surface area (Å²) in [5.41, 5.74) is -0.217. The average molecular weight is 389 g/mol. The van der Waals surface area contributed by atoms with E-state index in [0.29, 0.717) is 5.33 Å². The Morgan fingerprint density at radius 2 is 2.06 bits per heavy atom. The molecule has 0 aliphatic carbocycles. The van der Waals surface area contributed by atoms with Gasteiger partial charge in [0.15, 0.2) is 0 Å². The van der Waals surface area contributed by atoms with E-state index in [1.807, 2.05) is 0 Å². The SMILES string of the molecule is O=C(c1cccc(Br)c1F)N(CCBr)CC(F)F. The number of amides is 1. The lowest BCUT2D eigenvalue weighted by Crippen LogP contribution is -2.37. The van der Waals surface area contributed by atoms with Gasteiger partial charge in [-0.3, -0.25) is 4.79 Å². The fourth-order valence-corrected chi connectivity index (χ4v) is 2.18. The molecule has 1 rings (SSSR count). The van der Waals surface area contributed by atoms with Gasteiger partial charge in [-0.1, -0.05) is 22.0 Å². The van der Waals surface area contributed by atoms with Crippen molar-refractivity contribution < 1.29 is 18.0 Å². The first-order valence-corrected chi connectivity index (χ1v) is 6.96. The van der Waals surface area contributed by atoms with Crippen molar-refractivity contribution in [2.75, 3.05) is 18.4 Å². The molecule has 0 bridgehead atoms. The summed E-state index contributed by atoms with van der Waals surface area (Å²) in [7, 11) is 0. The van der Waals surface area contributed by atoms with Gasteiger partial charge in [-0.05, 0) is 28.1 Å². The van der Waals surface area contributed by atoms with E-state index in [0.717, 1.165) is 4.90 Å². The molecule has 0 radical (unpaired) electrons. The lowest BCUT2D eigenvalue weighted by Gasteiger charge is -2.21. The van der Waals surface area contributed by atoms with Crippen LogP contribution in [0, 0.1) is 5.82 Å². The zero-order valence-corrected chi connectivity index (χ0v) is 12.3. The molecular formula is C11H10Br2F3NO. The summed E-state index contributed by atoms with van der Waals surface area (Å²) in [6.07, 6.45) is -2.65. The van der Waals surface area contributed by atoms with Gasteiger partial charge < -0.3 is 4.90 Å². The Balaban J connectivity index is 2.98. The standard InChI is InChI=1S/C11H10Br2F3NO/c12-4-5-17(6-9(14)15)11(18)7-2-1-3-8(13)10(7)16/h1-3,9H,4-6H2. The summed E-state index contributed by atoms with van der Waals surface area (Å²) in [5.74, 6) is -1.48. The molecule has 0 aliphatic heterocycles. The molecule has 1 amide bonds. The van der Waals surface area contributed by atoms with Crippen LogP contribution >= 0.6 is 31.9 Å². The Morgan fingerprint density at radius 3 is 2.61 bits per heavy atom. The first-order chi connectivity index (χ1) is 8.47. The molecule has 0 heterocycles. The predicted octanol–water partition coefficient (Wildman–Crippen LogP) is 3.69. The zero-order chi connectivity index (χ0) is 13.7. The van der Waals surface area contributed by atoms with Crippen LogP contribution in [-0.2, 0) is 0 Å². The molecule has 1 aromatic rings. The van der Waals surface area contributed by atoms with Crippen LogP contribution in [0.2, 0.25) is 0 Å². The predicted molar refractivity (Wildman–Crippen MR) is 69.8 cm³/mol. The third-order valence-electron chi connectivity index (χ3n) is 2.18. The summed E-state index contributed by atoms with van der Waals surface area (Å²) < 4.78 is 38.5. The normalized spacial score (nSPS) is 10.8. The van der Waals surface area contributed by atoms with Gasteiger partial charge in [-0.15, -0.1) is 0 Å². The van der Waals surface area contributed by atoms with Gasteiger partial charge in [0, 0.05) is 11.9 Å². The highest BCUT2D eigenvalue weighted by molar-refractivity contribution is 9.10. The van der Waals surface area contributed by atoms with E-state index in [-0.39, 0.29) is 16.6 Å². The van der Waals surface area contributed by atoms with Gasteiger partial charge in [0.2, 0.25) is 0 Å². The summed E-state index contributed by atoms with van der Waals surface area (Å²) in [4.78, 5) is 12.9. The Kier molecular flexibility index (Phi) is 6.14. The van der Waals surface area contributed by atoms with Crippen molar-refractivity contribution in [2.24, 2.45) is 0 Å². The van der Waals surface area contributed by atoms with Gasteiger partial charge in [-0.25, -0.2) is 13.2 Å². The van der Waals surface area contributed by atoms with Crippen LogP contribution in [0.15, 0.2) is 22.7 Å². The summed E-state index contributed by atoms with van der Waals surface area (Å²) >= 11 is 6.02. The van der Waals surface area contributed by atoms with Crippen LogP contribution in [0.5, 0.6) is 0 Å². The highest BCUT2D eigenvalue weighted by atomic mass is 79.9. The molecule has 0 spiro atoms. The number of hydrogen-bond acceptors (Lipinski definition) is 1. The quantitative estimate of drug-likeness (QED) is 0.704. The minimum atomic E-state index is -2.65. The minimum absolute atomic E-state index is 0.0924. The molecule has 0 aromatic heterocycles. The van der Waals surface area contributed by atoms with Crippen molar-refractivity contribution in [1.82, 2.24) is 4.90 Å². The molecule has 100 valence electrons. The van der Waals surface area contributed by atoms with Crippen molar-refractivity contribution >= 4 is 37.8 Å². The van der Waals surface area contributed by atoms with E-state index in [1.165, 1.54) is 18.2 Å². The molecule has 0 N–H and O–H groups in total. The third-order valence-corrected chi connectivity index (χ3v) is 3.15. The number of alkyl halides is 3. The van der Waals surface area contributed by atoms with Crippen LogP contribution in [0.25, 0.3) is 0 Å². The van der Waals surface area contributed by atoms with Crippen LogP contribution in [-0.4, -0.2) is 35.7 Å². The number of rotatable bonds is 5. The van der Waals surface area contributed by atoms with Crippen LogP contribution < -0.4 is 0 Å². The van der Waals surface area contributed by atoms with Crippen molar-refractivity contribution in [2.45, 2.75) is 6.43 Å². The summed E-state index contributed by atoms with van der Waals surface area (Å²) in [6, 6.07) is 4.19. The smallest absolute Gasteiger partial charge is 0.257 e. The fourth-order valence-electron chi connectivity index (χ4n) is 1.38. The molecule has 0 unspecified atom stereocenters. The molecule has 18 heavy (non-hydrogen) atoms. The molecule has 1 aromatic carbocycles. The lowest BCUT2D eigenvalue weighted by molar-refractivity contribution is 0.0568. The molecule has 2 nitrogen and oxygen atoms in total. The van der Waals surface area contributed by atoms with Gasteiger partial charge >= 0.3 is 0 Å². The summed E-state index contributed by atoms with van der Waals surface area (Å²) in [5, 5.41) is 0.348. The maximum absolute atomic E-state index is 13.7. The van der Waals surface area contributed by atoms with Crippen molar-refractivity contribution in [3.8, 4) is 0 Å². The van der Waals surface area contributed by atoms with Gasteiger partial charge in [-0.2, -0.15) is 0 Å².